The van der Waals surface area contributed by atoms with Crippen LogP contribution in [-0.2, 0) is 11.4 Å². The first-order valence-electron chi connectivity index (χ1n) is 9.20. The van der Waals surface area contributed by atoms with Gasteiger partial charge in [-0.3, -0.25) is 9.69 Å². The van der Waals surface area contributed by atoms with E-state index < -0.39 is 0 Å². The highest BCUT2D eigenvalue weighted by Gasteiger charge is 2.29. The van der Waals surface area contributed by atoms with Gasteiger partial charge in [0.2, 0.25) is 0 Å². The van der Waals surface area contributed by atoms with E-state index in [2.05, 4.69) is 11.4 Å². The summed E-state index contributed by atoms with van der Waals surface area (Å²) in [5.41, 5.74) is 2.59. The normalized spacial score (nSPS) is 14.7. The zero-order valence-electron chi connectivity index (χ0n) is 16.3. The molecule has 0 saturated carbocycles. The van der Waals surface area contributed by atoms with E-state index in [9.17, 15) is 10.1 Å². The van der Waals surface area contributed by atoms with Crippen LogP contribution in [-0.4, -0.2) is 29.6 Å². The van der Waals surface area contributed by atoms with Gasteiger partial charge in [-0.2, -0.15) is 5.26 Å². The number of nitrogens with one attached hydrogen (secondary N) is 1. The fourth-order valence-corrected chi connectivity index (χ4v) is 3.25. The second-order valence-corrected chi connectivity index (χ2v) is 6.80. The zero-order valence-corrected chi connectivity index (χ0v) is 17.1. The van der Waals surface area contributed by atoms with Crippen molar-refractivity contribution in [1.82, 2.24) is 10.2 Å². The summed E-state index contributed by atoms with van der Waals surface area (Å²) in [7, 11) is 1.55. The summed E-state index contributed by atoms with van der Waals surface area (Å²) in [5.74, 6) is 0.952. The Balaban J connectivity index is 1.78. The van der Waals surface area contributed by atoms with E-state index in [-0.39, 0.29) is 12.5 Å². The largest absolute Gasteiger partial charge is 0.493 e. The van der Waals surface area contributed by atoms with Crippen molar-refractivity contribution in [2.75, 3.05) is 13.7 Å². The van der Waals surface area contributed by atoms with Crippen molar-refractivity contribution >= 4 is 29.3 Å². The van der Waals surface area contributed by atoms with Gasteiger partial charge < -0.3 is 14.8 Å². The van der Waals surface area contributed by atoms with E-state index in [1.54, 1.807) is 36.3 Å². The van der Waals surface area contributed by atoms with Gasteiger partial charge >= 0.3 is 0 Å². The lowest BCUT2D eigenvalue weighted by molar-refractivity contribution is -0.122. The SMILES string of the molecule is CCCN1C(=O)/C(=C/c2ccc(OCc3ccccc3C#N)c(OC)c2)NC1=S. The van der Waals surface area contributed by atoms with E-state index in [4.69, 9.17) is 21.7 Å². The first kappa shape index (κ1) is 20.4. The van der Waals surface area contributed by atoms with Crippen molar-refractivity contribution in [2.45, 2.75) is 20.0 Å². The maximum atomic E-state index is 12.5. The van der Waals surface area contributed by atoms with Crippen LogP contribution in [0, 0.1) is 11.3 Å². The van der Waals surface area contributed by atoms with Gasteiger partial charge in [0.15, 0.2) is 16.6 Å². The molecule has 2 aromatic rings. The van der Waals surface area contributed by atoms with Crippen LogP contribution in [0.15, 0.2) is 48.2 Å². The number of nitrogens with zero attached hydrogens (tertiary/aromatic N) is 2. The molecular weight excluding hydrogens is 386 g/mol. The number of carbonyl (C=O) groups is 1. The number of carbonyl (C=O) groups excluding carboxylic acids is 1. The monoisotopic (exact) mass is 407 g/mol. The summed E-state index contributed by atoms with van der Waals surface area (Å²) in [6.07, 6.45) is 2.57. The lowest BCUT2D eigenvalue weighted by Crippen LogP contribution is -2.31. The number of methoxy groups -OCH3 is 1. The van der Waals surface area contributed by atoms with Crippen molar-refractivity contribution < 1.29 is 14.3 Å². The molecule has 0 spiro atoms. The molecular formula is C22H21N3O3S. The van der Waals surface area contributed by atoms with E-state index in [0.29, 0.717) is 34.4 Å². The van der Waals surface area contributed by atoms with E-state index in [1.807, 2.05) is 31.2 Å². The molecule has 6 nitrogen and oxygen atoms in total. The highest BCUT2D eigenvalue weighted by molar-refractivity contribution is 7.80. The third kappa shape index (κ3) is 4.55. The second kappa shape index (κ2) is 9.22. The van der Waals surface area contributed by atoms with Crippen LogP contribution in [0.2, 0.25) is 0 Å². The third-order valence-electron chi connectivity index (χ3n) is 4.43. The molecule has 148 valence electrons. The van der Waals surface area contributed by atoms with Crippen LogP contribution >= 0.6 is 12.2 Å². The number of benzene rings is 2. The fourth-order valence-electron chi connectivity index (χ4n) is 2.97. The van der Waals surface area contributed by atoms with Crippen LogP contribution in [0.4, 0.5) is 0 Å². The summed E-state index contributed by atoms with van der Waals surface area (Å²) in [6.45, 7) is 2.83. The first-order valence-corrected chi connectivity index (χ1v) is 9.61. The molecule has 0 aliphatic carbocycles. The van der Waals surface area contributed by atoms with E-state index in [0.717, 1.165) is 17.5 Å². The van der Waals surface area contributed by atoms with Crippen molar-refractivity contribution in [1.29, 1.82) is 5.26 Å². The molecule has 0 radical (unpaired) electrons. The van der Waals surface area contributed by atoms with E-state index in [1.165, 1.54) is 0 Å². The quantitative estimate of drug-likeness (QED) is 0.558. The molecule has 1 aliphatic rings. The summed E-state index contributed by atoms with van der Waals surface area (Å²) in [4.78, 5) is 14.0. The maximum Gasteiger partial charge on any atom is 0.276 e. The minimum absolute atomic E-state index is 0.135. The van der Waals surface area contributed by atoms with Crippen LogP contribution < -0.4 is 14.8 Å². The molecule has 0 unspecified atom stereocenters. The molecule has 0 bridgehead atoms. The number of hydrogen-bond donors (Lipinski definition) is 1. The Morgan fingerprint density at radius 1 is 1.24 bits per heavy atom. The van der Waals surface area contributed by atoms with Crippen LogP contribution in [0.1, 0.15) is 30.0 Å². The molecule has 0 atom stereocenters. The lowest BCUT2D eigenvalue weighted by Gasteiger charge is -2.12. The maximum absolute atomic E-state index is 12.5. The average molecular weight is 407 g/mol. The number of rotatable bonds is 7. The standard InChI is InChI=1S/C22H21N3O3S/c1-3-10-25-21(26)18(24-22(25)29)11-15-8-9-19(20(12-15)27-2)28-14-17-7-5-4-6-16(17)13-23/h4-9,11-12H,3,10,14H2,1-2H3,(H,24,29)/b18-11-. The summed E-state index contributed by atoms with van der Waals surface area (Å²) < 4.78 is 11.3. The topological polar surface area (TPSA) is 74.6 Å². The molecule has 1 aliphatic heterocycles. The van der Waals surface area contributed by atoms with Gasteiger partial charge in [0.25, 0.3) is 5.91 Å². The molecule has 1 amide bonds. The Morgan fingerprint density at radius 3 is 2.76 bits per heavy atom. The number of amides is 1. The van der Waals surface area contributed by atoms with Crippen molar-refractivity contribution in [2.24, 2.45) is 0 Å². The second-order valence-electron chi connectivity index (χ2n) is 6.41. The number of hydrogen-bond acceptors (Lipinski definition) is 5. The van der Waals surface area contributed by atoms with Crippen LogP contribution in [0.3, 0.4) is 0 Å². The van der Waals surface area contributed by atoms with Crippen LogP contribution in [0.25, 0.3) is 6.08 Å². The van der Waals surface area contributed by atoms with Gasteiger partial charge in [-0.1, -0.05) is 31.2 Å². The summed E-state index contributed by atoms with van der Waals surface area (Å²) in [6, 6.07) is 14.9. The molecule has 7 heteroatoms. The Hall–Kier alpha value is -3.37. The van der Waals surface area contributed by atoms with Crippen molar-refractivity contribution in [3.05, 3.63) is 64.9 Å². The van der Waals surface area contributed by atoms with Gasteiger partial charge in [-0.05, 0) is 48.5 Å². The summed E-state index contributed by atoms with van der Waals surface area (Å²) >= 11 is 5.23. The van der Waals surface area contributed by atoms with Gasteiger partial charge in [-0.15, -0.1) is 0 Å². The minimum Gasteiger partial charge on any atom is -0.493 e. The molecule has 2 aromatic carbocycles. The molecule has 0 aromatic heterocycles. The Morgan fingerprint density at radius 2 is 2.03 bits per heavy atom. The van der Waals surface area contributed by atoms with Crippen molar-refractivity contribution in [3.63, 3.8) is 0 Å². The Labute approximate surface area is 175 Å². The predicted octanol–water partition coefficient (Wildman–Crippen LogP) is 3.61. The van der Waals surface area contributed by atoms with E-state index >= 15 is 0 Å². The van der Waals surface area contributed by atoms with Gasteiger partial charge in [0, 0.05) is 12.1 Å². The van der Waals surface area contributed by atoms with Gasteiger partial charge in [0.1, 0.15) is 12.3 Å². The predicted molar refractivity (Wildman–Crippen MR) is 114 cm³/mol. The molecule has 1 heterocycles. The number of ether oxygens (including phenoxy) is 2. The lowest BCUT2D eigenvalue weighted by atomic mass is 10.1. The molecule has 1 saturated heterocycles. The minimum atomic E-state index is -0.135. The van der Waals surface area contributed by atoms with Crippen molar-refractivity contribution in [3.8, 4) is 17.6 Å². The third-order valence-corrected chi connectivity index (χ3v) is 4.75. The molecule has 29 heavy (non-hydrogen) atoms. The molecule has 1 N–H and O–H groups in total. The molecule has 1 fully saturated rings. The fraction of sp³-hybridized carbons (Fsp3) is 0.227. The first-order chi connectivity index (χ1) is 14.1. The average Bonchev–Trinajstić information content (AvgIpc) is 3.00. The highest BCUT2D eigenvalue weighted by Crippen LogP contribution is 2.30. The number of nitriles is 1. The highest BCUT2D eigenvalue weighted by atomic mass is 32.1. The number of thiocarbonyl (C=S) groups is 1. The van der Waals surface area contributed by atoms with Crippen LogP contribution in [0.5, 0.6) is 11.5 Å². The Bertz CT molecular complexity index is 1010. The Kier molecular flexibility index (Phi) is 6.47. The zero-order chi connectivity index (χ0) is 20.8. The smallest absolute Gasteiger partial charge is 0.276 e. The van der Waals surface area contributed by atoms with Gasteiger partial charge in [-0.25, -0.2) is 0 Å². The summed E-state index contributed by atoms with van der Waals surface area (Å²) in [5, 5.41) is 12.6. The molecule has 3 rings (SSSR count). The van der Waals surface area contributed by atoms with Gasteiger partial charge in [0.05, 0.1) is 18.7 Å².